The van der Waals surface area contributed by atoms with Crippen LogP contribution in [0.2, 0.25) is 0 Å². The highest BCUT2D eigenvalue weighted by Gasteiger charge is 2.19. The van der Waals surface area contributed by atoms with Crippen molar-refractivity contribution >= 4 is 28.9 Å². The van der Waals surface area contributed by atoms with Gasteiger partial charge in [-0.1, -0.05) is 24.3 Å². The number of nitrogens with zero attached hydrogens (tertiary/aromatic N) is 1. The number of hydrogen-bond acceptors (Lipinski definition) is 4. The highest BCUT2D eigenvalue weighted by atomic mass is 32.1. The first-order chi connectivity index (χ1) is 14.1. The van der Waals surface area contributed by atoms with E-state index in [2.05, 4.69) is 0 Å². The third-order valence-corrected chi connectivity index (χ3v) is 5.47. The van der Waals surface area contributed by atoms with Gasteiger partial charge in [-0.2, -0.15) is 0 Å². The van der Waals surface area contributed by atoms with Crippen LogP contribution in [0.5, 0.6) is 11.5 Å². The van der Waals surface area contributed by atoms with E-state index >= 15 is 0 Å². The maximum Gasteiger partial charge on any atom is 0.255 e. The molecule has 1 aliphatic rings. The van der Waals surface area contributed by atoms with Gasteiger partial charge in [0.25, 0.3) is 5.91 Å². The van der Waals surface area contributed by atoms with E-state index in [0.717, 1.165) is 21.8 Å². The van der Waals surface area contributed by atoms with E-state index < -0.39 is 0 Å². The topological polar surface area (TPSA) is 38.8 Å². The molecule has 0 spiro atoms. The van der Waals surface area contributed by atoms with Crippen LogP contribution >= 0.6 is 11.3 Å². The number of rotatable bonds is 5. The van der Waals surface area contributed by atoms with Gasteiger partial charge < -0.3 is 14.4 Å². The van der Waals surface area contributed by atoms with Gasteiger partial charge in [-0.3, -0.25) is 4.79 Å². The summed E-state index contributed by atoms with van der Waals surface area (Å²) in [4.78, 5) is 15.8. The van der Waals surface area contributed by atoms with Crippen molar-refractivity contribution in [2.75, 3.05) is 20.3 Å². The minimum atomic E-state index is -0.304. The Balaban J connectivity index is 1.58. The predicted molar refractivity (Wildman–Crippen MR) is 112 cm³/mol. The lowest BCUT2D eigenvalue weighted by molar-refractivity contribution is -0.124. The zero-order valence-electron chi connectivity index (χ0n) is 15.9. The van der Waals surface area contributed by atoms with Crippen LogP contribution in [0.3, 0.4) is 0 Å². The fraction of sp³-hybridized carbons (Fsp3) is 0.174. The maximum atomic E-state index is 13.2. The lowest BCUT2D eigenvalue weighted by Crippen LogP contribution is -2.27. The number of benzene rings is 2. The molecule has 29 heavy (non-hydrogen) atoms. The van der Waals surface area contributed by atoms with Crippen molar-refractivity contribution in [3.8, 4) is 11.5 Å². The molecule has 0 aliphatic carbocycles. The smallest absolute Gasteiger partial charge is 0.255 e. The number of thiophene rings is 1. The summed E-state index contributed by atoms with van der Waals surface area (Å²) < 4.78 is 24.4. The Morgan fingerprint density at radius 1 is 1.10 bits per heavy atom. The van der Waals surface area contributed by atoms with Crippen LogP contribution in [0.1, 0.15) is 16.0 Å². The number of ether oxygens (including phenoxy) is 2. The first-order valence-electron chi connectivity index (χ1n) is 9.25. The molecule has 1 aliphatic heterocycles. The van der Waals surface area contributed by atoms with Gasteiger partial charge >= 0.3 is 0 Å². The van der Waals surface area contributed by atoms with Gasteiger partial charge in [-0.15, -0.1) is 11.3 Å². The first kappa shape index (κ1) is 19.2. The highest BCUT2D eigenvalue weighted by Crippen LogP contribution is 2.31. The summed E-state index contributed by atoms with van der Waals surface area (Å²) in [5.74, 6) is 1.02. The Bertz CT molecular complexity index is 1030. The third kappa shape index (κ3) is 4.49. The molecule has 1 amide bonds. The monoisotopic (exact) mass is 409 g/mol. The van der Waals surface area contributed by atoms with E-state index in [-0.39, 0.29) is 11.7 Å². The Labute approximate surface area is 172 Å². The minimum Gasteiger partial charge on any atom is -0.486 e. The predicted octanol–water partition coefficient (Wildman–Crippen LogP) is 4.86. The molecule has 2 aromatic carbocycles. The van der Waals surface area contributed by atoms with Gasteiger partial charge in [-0.05, 0) is 52.9 Å². The maximum absolute atomic E-state index is 13.2. The van der Waals surface area contributed by atoms with Crippen LogP contribution in [0, 0.1) is 5.82 Å². The Morgan fingerprint density at radius 3 is 2.59 bits per heavy atom. The molecule has 0 saturated carbocycles. The first-order valence-corrected chi connectivity index (χ1v) is 10.1. The molecule has 3 aromatic rings. The summed E-state index contributed by atoms with van der Waals surface area (Å²) in [7, 11) is 1.77. The standard InChI is InChI=1S/C23H20FNO3S/c1-25(15-17-6-9-20-21(14-17)28-11-10-27-20)23(26)19(22-3-2-12-29-22)13-16-4-7-18(24)8-5-16/h2-9,12-14H,10-11,15H2,1H3/b19-13+. The molecule has 0 unspecified atom stereocenters. The second-order valence-electron chi connectivity index (χ2n) is 6.73. The van der Waals surface area contributed by atoms with Gasteiger partial charge in [-0.25, -0.2) is 4.39 Å². The normalized spacial score (nSPS) is 13.2. The Morgan fingerprint density at radius 2 is 1.86 bits per heavy atom. The fourth-order valence-corrected chi connectivity index (χ4v) is 3.87. The molecule has 148 valence electrons. The van der Waals surface area contributed by atoms with E-state index in [4.69, 9.17) is 9.47 Å². The Kier molecular flexibility index (Phi) is 5.62. The molecular weight excluding hydrogens is 389 g/mol. The van der Waals surface area contributed by atoms with Gasteiger partial charge in [0, 0.05) is 18.5 Å². The third-order valence-electron chi connectivity index (χ3n) is 4.57. The van der Waals surface area contributed by atoms with Gasteiger partial charge in [0.15, 0.2) is 11.5 Å². The molecule has 0 bridgehead atoms. The summed E-state index contributed by atoms with van der Waals surface area (Å²) in [5.41, 5.74) is 2.31. The van der Waals surface area contributed by atoms with E-state index in [1.807, 2.05) is 35.7 Å². The molecule has 0 atom stereocenters. The minimum absolute atomic E-state index is 0.105. The molecule has 4 rings (SSSR count). The summed E-state index contributed by atoms with van der Waals surface area (Å²) in [6.45, 7) is 1.50. The van der Waals surface area contributed by atoms with Crippen molar-refractivity contribution in [3.63, 3.8) is 0 Å². The summed E-state index contributed by atoms with van der Waals surface area (Å²) >= 11 is 1.50. The van der Waals surface area contributed by atoms with Crippen LogP contribution in [0.15, 0.2) is 60.0 Å². The molecule has 0 N–H and O–H groups in total. The van der Waals surface area contributed by atoms with Crippen LogP contribution in [-0.4, -0.2) is 31.1 Å². The number of likely N-dealkylation sites (N-methyl/N-ethyl adjacent to an activating group) is 1. The number of hydrogen-bond donors (Lipinski definition) is 0. The summed E-state index contributed by atoms with van der Waals surface area (Å²) in [6.07, 6.45) is 1.80. The fourth-order valence-electron chi connectivity index (χ4n) is 3.13. The molecule has 1 aromatic heterocycles. The number of amides is 1. The Hall–Kier alpha value is -3.12. The zero-order valence-corrected chi connectivity index (χ0v) is 16.7. The highest BCUT2D eigenvalue weighted by molar-refractivity contribution is 7.11. The summed E-state index contributed by atoms with van der Waals surface area (Å²) in [6, 6.07) is 15.6. The van der Waals surface area contributed by atoms with Crippen molar-refractivity contribution in [1.82, 2.24) is 4.90 Å². The van der Waals surface area contributed by atoms with E-state index in [1.54, 1.807) is 30.2 Å². The average Bonchev–Trinajstić information content (AvgIpc) is 3.27. The van der Waals surface area contributed by atoms with Crippen molar-refractivity contribution in [1.29, 1.82) is 0 Å². The molecular formula is C23H20FNO3S. The van der Waals surface area contributed by atoms with Crippen molar-refractivity contribution in [3.05, 3.63) is 81.8 Å². The van der Waals surface area contributed by atoms with Gasteiger partial charge in [0.05, 0.1) is 5.57 Å². The number of carbonyl (C=O) groups is 1. The number of halogens is 1. The van der Waals surface area contributed by atoms with Gasteiger partial charge in [0.1, 0.15) is 19.0 Å². The van der Waals surface area contributed by atoms with E-state index in [1.165, 1.54) is 23.5 Å². The van der Waals surface area contributed by atoms with Crippen LogP contribution < -0.4 is 9.47 Å². The second-order valence-corrected chi connectivity index (χ2v) is 7.67. The molecule has 2 heterocycles. The van der Waals surface area contributed by atoms with Crippen LogP contribution in [-0.2, 0) is 11.3 Å². The van der Waals surface area contributed by atoms with Crippen molar-refractivity contribution < 1.29 is 18.7 Å². The van der Waals surface area contributed by atoms with E-state index in [0.29, 0.717) is 31.1 Å². The molecule has 6 heteroatoms. The van der Waals surface area contributed by atoms with Gasteiger partial charge in [0.2, 0.25) is 0 Å². The number of fused-ring (bicyclic) bond motifs is 1. The lowest BCUT2D eigenvalue weighted by atomic mass is 10.1. The number of carbonyl (C=O) groups excluding carboxylic acids is 1. The van der Waals surface area contributed by atoms with Crippen LogP contribution in [0.4, 0.5) is 4.39 Å². The largest absolute Gasteiger partial charge is 0.486 e. The van der Waals surface area contributed by atoms with E-state index in [9.17, 15) is 9.18 Å². The summed E-state index contributed by atoms with van der Waals surface area (Å²) in [5, 5.41) is 1.93. The molecule has 0 radical (unpaired) electrons. The molecule has 4 nitrogen and oxygen atoms in total. The lowest BCUT2D eigenvalue weighted by Gasteiger charge is -2.22. The van der Waals surface area contributed by atoms with Crippen molar-refractivity contribution in [2.24, 2.45) is 0 Å². The molecule has 0 fully saturated rings. The van der Waals surface area contributed by atoms with Crippen molar-refractivity contribution in [2.45, 2.75) is 6.54 Å². The molecule has 0 saturated heterocycles. The SMILES string of the molecule is CN(Cc1ccc2c(c1)OCCO2)C(=O)/C(=C/c1ccc(F)cc1)c1cccs1. The second kappa shape index (κ2) is 8.49. The zero-order chi connectivity index (χ0) is 20.2. The quantitative estimate of drug-likeness (QED) is 0.565. The average molecular weight is 409 g/mol. The van der Waals surface area contributed by atoms with Crippen LogP contribution in [0.25, 0.3) is 11.6 Å².